The minimum absolute atomic E-state index is 0.0194. The van der Waals surface area contributed by atoms with Crippen molar-refractivity contribution in [2.45, 2.75) is 31.1 Å². The van der Waals surface area contributed by atoms with Crippen LogP contribution in [0.25, 0.3) is 5.69 Å². The number of hydrogen-bond acceptors (Lipinski definition) is 5. The second kappa shape index (κ2) is 7.36. The lowest BCUT2D eigenvalue weighted by Crippen LogP contribution is -2.47. The number of carbonyl (C=O) groups is 1. The number of piperidine rings is 1. The molecule has 10 heteroatoms. The van der Waals surface area contributed by atoms with Gasteiger partial charge in [0.05, 0.1) is 29.7 Å². The molecule has 5 rings (SSSR count). The summed E-state index contributed by atoms with van der Waals surface area (Å²) in [4.78, 5) is 20.3. The van der Waals surface area contributed by atoms with E-state index in [9.17, 15) is 18.0 Å². The second-order valence-corrected chi connectivity index (χ2v) is 7.91. The van der Waals surface area contributed by atoms with Crippen molar-refractivity contribution < 1.29 is 18.0 Å². The monoisotopic (exact) mass is 428 g/mol. The molecular formula is C21H19F3N6O. The Hall–Kier alpha value is -3.43. The number of fused-ring (bicyclic) bond motifs is 2. The van der Waals surface area contributed by atoms with Crippen LogP contribution in [-0.2, 0) is 6.18 Å². The number of likely N-dealkylation sites (tertiary alicyclic amines) is 1. The van der Waals surface area contributed by atoms with Gasteiger partial charge in [0, 0.05) is 24.3 Å². The summed E-state index contributed by atoms with van der Waals surface area (Å²) >= 11 is 0. The van der Waals surface area contributed by atoms with Crippen LogP contribution in [0.5, 0.6) is 0 Å². The molecule has 1 saturated carbocycles. The van der Waals surface area contributed by atoms with Gasteiger partial charge in [0.1, 0.15) is 5.82 Å². The Morgan fingerprint density at radius 3 is 2.39 bits per heavy atom. The lowest BCUT2D eigenvalue weighted by molar-refractivity contribution is -0.137. The molecule has 2 fully saturated rings. The maximum absolute atomic E-state index is 13.1. The van der Waals surface area contributed by atoms with Gasteiger partial charge in [-0.1, -0.05) is 0 Å². The van der Waals surface area contributed by atoms with E-state index in [1.54, 1.807) is 36.7 Å². The fourth-order valence-corrected chi connectivity index (χ4v) is 4.50. The van der Waals surface area contributed by atoms with Crippen molar-refractivity contribution in [1.29, 1.82) is 0 Å². The van der Waals surface area contributed by atoms with E-state index in [4.69, 9.17) is 0 Å². The lowest BCUT2D eigenvalue weighted by Gasteiger charge is -2.34. The maximum atomic E-state index is 13.1. The Kier molecular flexibility index (Phi) is 4.64. The molecule has 2 aliphatic rings. The van der Waals surface area contributed by atoms with Crippen molar-refractivity contribution in [2.24, 2.45) is 5.92 Å². The van der Waals surface area contributed by atoms with Crippen molar-refractivity contribution in [3.63, 3.8) is 0 Å². The highest BCUT2D eigenvalue weighted by Gasteiger charge is 2.47. The quantitative estimate of drug-likeness (QED) is 0.690. The van der Waals surface area contributed by atoms with E-state index >= 15 is 0 Å². The first-order chi connectivity index (χ1) is 14.9. The number of hydrogen-bond donors (Lipinski definition) is 1. The van der Waals surface area contributed by atoms with Crippen molar-refractivity contribution in [1.82, 2.24) is 24.9 Å². The topological polar surface area (TPSA) is 75.9 Å². The van der Waals surface area contributed by atoms with Crippen LogP contribution in [0.2, 0.25) is 0 Å². The number of rotatable bonds is 4. The van der Waals surface area contributed by atoms with E-state index in [1.807, 2.05) is 4.90 Å². The molecule has 160 valence electrons. The molecule has 1 N–H and O–H groups in total. The van der Waals surface area contributed by atoms with E-state index in [0.29, 0.717) is 23.8 Å². The molecule has 2 aromatic heterocycles. The molecule has 1 aliphatic carbocycles. The average molecular weight is 428 g/mol. The van der Waals surface area contributed by atoms with E-state index in [-0.39, 0.29) is 18.0 Å². The number of amides is 1. The Balaban J connectivity index is 1.28. The summed E-state index contributed by atoms with van der Waals surface area (Å²) in [6, 6.07) is 9.39. The summed E-state index contributed by atoms with van der Waals surface area (Å²) in [7, 11) is 0. The lowest BCUT2D eigenvalue weighted by atomic mass is 10.0. The third kappa shape index (κ3) is 3.73. The SMILES string of the molecule is O=C(c1ccc(-n2nccn2)cc1)N1C[C@@H]2C[C@@H](Nc3ccc(C(F)(F)F)cn3)[C@@H]1C2. The highest BCUT2D eigenvalue weighted by atomic mass is 19.4. The van der Waals surface area contributed by atoms with Gasteiger partial charge in [0.15, 0.2) is 0 Å². The van der Waals surface area contributed by atoms with E-state index in [0.717, 1.165) is 30.8 Å². The molecular weight excluding hydrogens is 409 g/mol. The molecule has 0 spiro atoms. The Bertz CT molecular complexity index is 1070. The standard InChI is InChI=1S/C21H19F3N6O/c22-21(23,24)15-3-6-19(25-11-15)28-17-9-13-10-18(17)29(12-13)20(31)14-1-4-16(5-2-14)30-26-7-8-27-30/h1-8,11,13,17-18H,9-10,12H2,(H,25,28)/t13-,17-,18+/m1/s1. The third-order valence-electron chi connectivity index (χ3n) is 5.93. The molecule has 0 unspecified atom stereocenters. The van der Waals surface area contributed by atoms with Crippen molar-refractivity contribution in [2.75, 3.05) is 11.9 Å². The first kappa shape index (κ1) is 19.5. The van der Waals surface area contributed by atoms with E-state index in [1.165, 1.54) is 10.9 Å². The van der Waals surface area contributed by atoms with Crippen LogP contribution >= 0.6 is 0 Å². The number of benzene rings is 1. The van der Waals surface area contributed by atoms with Gasteiger partial charge in [-0.2, -0.15) is 28.2 Å². The molecule has 3 heterocycles. The summed E-state index contributed by atoms with van der Waals surface area (Å²) in [5.41, 5.74) is 0.559. The van der Waals surface area contributed by atoms with Crippen LogP contribution in [-0.4, -0.2) is 49.4 Å². The normalized spacial score (nSPS) is 22.7. The number of anilines is 1. The summed E-state index contributed by atoms with van der Waals surface area (Å²) in [6.07, 6.45) is 1.32. The van der Waals surface area contributed by atoms with Crippen molar-refractivity contribution >= 4 is 11.7 Å². The molecule has 7 nitrogen and oxygen atoms in total. The second-order valence-electron chi connectivity index (χ2n) is 7.91. The zero-order chi connectivity index (χ0) is 21.6. The number of halogens is 3. The molecule has 31 heavy (non-hydrogen) atoms. The van der Waals surface area contributed by atoms with Crippen LogP contribution < -0.4 is 5.32 Å². The highest BCUT2D eigenvalue weighted by Crippen LogP contribution is 2.40. The number of carbonyl (C=O) groups excluding carboxylic acids is 1. The number of aromatic nitrogens is 4. The maximum Gasteiger partial charge on any atom is 0.417 e. The van der Waals surface area contributed by atoms with Crippen LogP contribution in [0, 0.1) is 5.92 Å². The van der Waals surface area contributed by atoms with Gasteiger partial charge in [-0.25, -0.2) is 4.98 Å². The van der Waals surface area contributed by atoms with Crippen LogP contribution in [0.4, 0.5) is 19.0 Å². The van der Waals surface area contributed by atoms with Crippen molar-refractivity contribution in [3.8, 4) is 5.69 Å². The van der Waals surface area contributed by atoms with Crippen LogP contribution in [0.15, 0.2) is 55.0 Å². The number of alkyl halides is 3. The van der Waals surface area contributed by atoms with Crippen molar-refractivity contribution in [3.05, 3.63) is 66.1 Å². The largest absolute Gasteiger partial charge is 0.417 e. The van der Waals surface area contributed by atoms with E-state index < -0.39 is 11.7 Å². The zero-order valence-electron chi connectivity index (χ0n) is 16.3. The number of pyridine rings is 1. The number of nitrogens with one attached hydrogen (secondary N) is 1. The van der Waals surface area contributed by atoms with Gasteiger partial charge in [0.25, 0.3) is 5.91 Å². The van der Waals surface area contributed by atoms with Crippen LogP contribution in [0.3, 0.4) is 0 Å². The molecule has 3 aromatic rings. The molecule has 1 amide bonds. The Morgan fingerprint density at radius 2 is 1.77 bits per heavy atom. The van der Waals surface area contributed by atoms with Gasteiger partial charge >= 0.3 is 6.18 Å². The highest BCUT2D eigenvalue weighted by molar-refractivity contribution is 5.95. The molecule has 3 atom stereocenters. The first-order valence-electron chi connectivity index (χ1n) is 9.96. The fraction of sp³-hybridized carbons (Fsp3) is 0.333. The smallest absolute Gasteiger partial charge is 0.365 e. The third-order valence-corrected chi connectivity index (χ3v) is 5.93. The van der Waals surface area contributed by atoms with Gasteiger partial charge in [-0.05, 0) is 55.2 Å². The van der Waals surface area contributed by atoms with Gasteiger partial charge < -0.3 is 10.2 Å². The predicted octanol–water partition coefficient (Wildman–Crippen LogP) is 3.40. The zero-order valence-corrected chi connectivity index (χ0v) is 16.3. The minimum atomic E-state index is -4.41. The first-order valence-corrected chi connectivity index (χ1v) is 9.96. The summed E-state index contributed by atoms with van der Waals surface area (Å²) < 4.78 is 38.2. The fourth-order valence-electron chi connectivity index (χ4n) is 4.50. The van der Waals surface area contributed by atoms with Crippen LogP contribution in [0.1, 0.15) is 28.8 Å². The average Bonchev–Trinajstić information content (AvgIpc) is 3.50. The van der Waals surface area contributed by atoms with Gasteiger partial charge in [-0.3, -0.25) is 4.79 Å². The number of nitrogens with zero attached hydrogens (tertiary/aromatic N) is 5. The summed E-state index contributed by atoms with van der Waals surface area (Å²) in [5, 5.41) is 11.4. The molecule has 1 saturated heterocycles. The van der Waals surface area contributed by atoms with Gasteiger partial charge in [-0.15, -0.1) is 0 Å². The minimum Gasteiger partial charge on any atom is -0.365 e. The molecule has 1 aromatic carbocycles. The molecule has 0 radical (unpaired) electrons. The Labute approximate surface area is 175 Å². The van der Waals surface area contributed by atoms with Gasteiger partial charge in [0.2, 0.25) is 0 Å². The van der Waals surface area contributed by atoms with E-state index in [2.05, 4.69) is 20.5 Å². The molecule has 2 bridgehead atoms. The summed E-state index contributed by atoms with van der Waals surface area (Å²) in [6.45, 7) is 0.685. The predicted molar refractivity (Wildman–Crippen MR) is 106 cm³/mol. The molecule has 1 aliphatic heterocycles. The summed E-state index contributed by atoms with van der Waals surface area (Å²) in [5.74, 6) is 0.696. The Morgan fingerprint density at radius 1 is 1.03 bits per heavy atom.